The van der Waals surface area contributed by atoms with Crippen molar-refractivity contribution in [3.8, 4) is 5.75 Å². The molecular formula is C18H23N3O4. The average molecular weight is 345 g/mol. The van der Waals surface area contributed by atoms with Gasteiger partial charge in [-0.25, -0.2) is 4.79 Å². The molecule has 1 heterocycles. The van der Waals surface area contributed by atoms with Crippen LogP contribution in [0.4, 0.5) is 0 Å². The second-order valence-corrected chi connectivity index (χ2v) is 5.81. The van der Waals surface area contributed by atoms with Crippen molar-refractivity contribution >= 4 is 5.91 Å². The quantitative estimate of drug-likeness (QED) is 0.708. The number of carbonyl (C=O) groups excluding carboxylic acids is 1. The first kappa shape index (κ1) is 18.5. The Kier molecular flexibility index (Phi) is 6.16. The van der Waals surface area contributed by atoms with Crippen LogP contribution in [0.2, 0.25) is 0 Å². The number of hydrogen-bond acceptors (Lipinski definition) is 4. The standard InChI is InChI=1S/C18H23N3O4/c1-4-25-14-7-5-6-13(10-14)11(2)19-16(22)9-8-15-12(3)20-18(24)21-17(15)23/h5-7,10-11H,4,8-9H2,1-3H3,(H,19,22)(H2,20,21,23,24). The van der Waals surface area contributed by atoms with Crippen molar-refractivity contribution in [1.29, 1.82) is 0 Å². The number of aromatic amines is 2. The fourth-order valence-electron chi connectivity index (χ4n) is 2.60. The van der Waals surface area contributed by atoms with Gasteiger partial charge in [0, 0.05) is 17.7 Å². The lowest BCUT2D eigenvalue weighted by molar-refractivity contribution is -0.121. The molecule has 0 aliphatic heterocycles. The van der Waals surface area contributed by atoms with Gasteiger partial charge in [-0.05, 0) is 44.9 Å². The number of rotatable bonds is 7. The molecule has 0 saturated carbocycles. The van der Waals surface area contributed by atoms with Crippen LogP contribution in [0, 0.1) is 6.92 Å². The summed E-state index contributed by atoms with van der Waals surface area (Å²) in [5, 5.41) is 2.91. The first-order valence-electron chi connectivity index (χ1n) is 8.25. The molecule has 0 aliphatic carbocycles. The van der Waals surface area contributed by atoms with Gasteiger partial charge in [-0.2, -0.15) is 0 Å². The number of H-pyrrole nitrogens is 2. The molecule has 1 amide bonds. The smallest absolute Gasteiger partial charge is 0.325 e. The number of carbonyl (C=O) groups is 1. The third-order valence-corrected chi connectivity index (χ3v) is 3.90. The van der Waals surface area contributed by atoms with Crippen LogP contribution in [-0.2, 0) is 11.2 Å². The average Bonchev–Trinajstić information content (AvgIpc) is 2.54. The van der Waals surface area contributed by atoms with Gasteiger partial charge in [-0.15, -0.1) is 0 Å². The Balaban J connectivity index is 1.97. The van der Waals surface area contributed by atoms with E-state index in [1.165, 1.54) is 0 Å². The Labute approximate surface area is 145 Å². The normalized spacial score (nSPS) is 11.8. The number of nitrogens with one attached hydrogen (secondary N) is 3. The van der Waals surface area contributed by atoms with Gasteiger partial charge in [0.05, 0.1) is 12.6 Å². The summed E-state index contributed by atoms with van der Waals surface area (Å²) < 4.78 is 5.46. The molecule has 1 aromatic heterocycles. The second kappa shape index (κ2) is 8.32. The maximum atomic E-state index is 12.2. The summed E-state index contributed by atoms with van der Waals surface area (Å²) in [6, 6.07) is 7.39. The van der Waals surface area contributed by atoms with Gasteiger partial charge >= 0.3 is 5.69 Å². The fourth-order valence-corrected chi connectivity index (χ4v) is 2.60. The van der Waals surface area contributed by atoms with Crippen LogP contribution in [0.25, 0.3) is 0 Å². The van der Waals surface area contributed by atoms with Crippen LogP contribution in [-0.4, -0.2) is 22.5 Å². The van der Waals surface area contributed by atoms with Crippen molar-refractivity contribution in [3.63, 3.8) is 0 Å². The zero-order valence-corrected chi connectivity index (χ0v) is 14.6. The van der Waals surface area contributed by atoms with E-state index in [9.17, 15) is 14.4 Å². The van der Waals surface area contributed by atoms with E-state index in [0.717, 1.165) is 11.3 Å². The maximum Gasteiger partial charge on any atom is 0.325 e. The minimum atomic E-state index is -0.543. The van der Waals surface area contributed by atoms with E-state index >= 15 is 0 Å². The molecule has 1 unspecified atom stereocenters. The van der Waals surface area contributed by atoms with Crippen molar-refractivity contribution in [1.82, 2.24) is 15.3 Å². The summed E-state index contributed by atoms with van der Waals surface area (Å²) in [5.41, 5.74) is 0.849. The SMILES string of the molecule is CCOc1cccc(C(C)NC(=O)CCc2c(C)[nH]c(=O)[nH]c2=O)c1. The molecule has 1 atom stereocenters. The van der Waals surface area contributed by atoms with Crippen LogP contribution in [0.5, 0.6) is 5.75 Å². The molecule has 3 N–H and O–H groups in total. The van der Waals surface area contributed by atoms with Crippen molar-refractivity contribution in [2.75, 3.05) is 6.61 Å². The van der Waals surface area contributed by atoms with E-state index in [1.807, 2.05) is 38.1 Å². The van der Waals surface area contributed by atoms with E-state index in [-0.39, 0.29) is 24.8 Å². The molecule has 0 spiro atoms. The molecule has 0 radical (unpaired) electrons. The minimum absolute atomic E-state index is 0.158. The Morgan fingerprint density at radius 3 is 2.72 bits per heavy atom. The summed E-state index contributed by atoms with van der Waals surface area (Å²) in [5.74, 6) is 0.593. The minimum Gasteiger partial charge on any atom is -0.494 e. The van der Waals surface area contributed by atoms with Gasteiger partial charge in [0.25, 0.3) is 5.56 Å². The van der Waals surface area contributed by atoms with Gasteiger partial charge < -0.3 is 15.0 Å². The lowest BCUT2D eigenvalue weighted by atomic mass is 10.1. The van der Waals surface area contributed by atoms with Crippen LogP contribution in [0.3, 0.4) is 0 Å². The zero-order valence-electron chi connectivity index (χ0n) is 14.6. The summed E-state index contributed by atoms with van der Waals surface area (Å²) in [6.45, 7) is 6.03. The molecule has 0 fully saturated rings. The number of ether oxygens (including phenoxy) is 1. The van der Waals surface area contributed by atoms with Gasteiger partial charge in [0.1, 0.15) is 5.75 Å². The van der Waals surface area contributed by atoms with E-state index in [2.05, 4.69) is 15.3 Å². The molecule has 7 heteroatoms. The molecule has 1 aromatic carbocycles. The number of aromatic nitrogens is 2. The first-order valence-corrected chi connectivity index (χ1v) is 8.25. The summed E-state index contributed by atoms with van der Waals surface area (Å²) >= 11 is 0. The number of benzene rings is 1. The summed E-state index contributed by atoms with van der Waals surface area (Å²) in [6.07, 6.45) is 0.418. The van der Waals surface area contributed by atoms with Crippen LogP contribution < -0.4 is 21.3 Å². The molecule has 0 bridgehead atoms. The monoisotopic (exact) mass is 345 g/mol. The second-order valence-electron chi connectivity index (χ2n) is 5.81. The van der Waals surface area contributed by atoms with E-state index in [4.69, 9.17) is 4.74 Å². The Bertz CT molecular complexity index is 854. The van der Waals surface area contributed by atoms with Gasteiger partial charge in [0.2, 0.25) is 5.91 Å². The van der Waals surface area contributed by atoms with Crippen molar-refractivity contribution in [2.45, 2.75) is 39.7 Å². The highest BCUT2D eigenvalue weighted by Crippen LogP contribution is 2.19. The van der Waals surface area contributed by atoms with Gasteiger partial charge in [0.15, 0.2) is 0 Å². The zero-order chi connectivity index (χ0) is 18.4. The predicted molar refractivity (Wildman–Crippen MR) is 94.9 cm³/mol. The van der Waals surface area contributed by atoms with Crippen LogP contribution >= 0.6 is 0 Å². The number of aryl methyl sites for hydroxylation is 1. The number of hydrogen-bond donors (Lipinski definition) is 3. The Morgan fingerprint density at radius 1 is 1.28 bits per heavy atom. The lowest BCUT2D eigenvalue weighted by Crippen LogP contribution is -2.30. The molecule has 25 heavy (non-hydrogen) atoms. The highest BCUT2D eigenvalue weighted by atomic mass is 16.5. The predicted octanol–water partition coefficient (Wildman–Crippen LogP) is 1.58. The van der Waals surface area contributed by atoms with Crippen molar-refractivity contribution in [2.24, 2.45) is 0 Å². The van der Waals surface area contributed by atoms with Crippen LogP contribution in [0.15, 0.2) is 33.9 Å². The topological polar surface area (TPSA) is 104 Å². The molecule has 2 rings (SSSR count). The molecule has 2 aromatic rings. The highest BCUT2D eigenvalue weighted by molar-refractivity contribution is 5.76. The van der Waals surface area contributed by atoms with Crippen molar-refractivity contribution < 1.29 is 9.53 Å². The van der Waals surface area contributed by atoms with Crippen molar-refractivity contribution in [3.05, 3.63) is 61.9 Å². The third-order valence-electron chi connectivity index (χ3n) is 3.90. The van der Waals surface area contributed by atoms with Crippen LogP contribution in [0.1, 0.15) is 43.1 Å². The third kappa shape index (κ3) is 5.07. The molecular weight excluding hydrogens is 322 g/mol. The van der Waals surface area contributed by atoms with E-state index < -0.39 is 11.2 Å². The summed E-state index contributed by atoms with van der Waals surface area (Å²) in [7, 11) is 0. The van der Waals surface area contributed by atoms with Gasteiger partial charge in [-0.3, -0.25) is 14.6 Å². The molecule has 7 nitrogen and oxygen atoms in total. The fraction of sp³-hybridized carbons (Fsp3) is 0.389. The molecule has 0 aliphatic rings. The largest absolute Gasteiger partial charge is 0.494 e. The lowest BCUT2D eigenvalue weighted by Gasteiger charge is -2.15. The highest BCUT2D eigenvalue weighted by Gasteiger charge is 2.13. The Hall–Kier alpha value is -2.83. The maximum absolute atomic E-state index is 12.2. The van der Waals surface area contributed by atoms with Gasteiger partial charge in [-0.1, -0.05) is 12.1 Å². The molecule has 0 saturated heterocycles. The Morgan fingerprint density at radius 2 is 2.04 bits per heavy atom. The van der Waals surface area contributed by atoms with E-state index in [0.29, 0.717) is 17.9 Å². The first-order chi connectivity index (χ1) is 11.9. The number of amides is 1. The molecule has 134 valence electrons. The van der Waals surface area contributed by atoms with E-state index in [1.54, 1.807) is 6.92 Å². The summed E-state index contributed by atoms with van der Waals surface area (Å²) in [4.78, 5) is 39.9.